The maximum Gasteiger partial charge on any atom is 0.272 e. The highest BCUT2D eigenvalue weighted by molar-refractivity contribution is 8.00. The Kier molecular flexibility index (Phi) is 10.5. The van der Waals surface area contributed by atoms with Crippen LogP contribution in [0.3, 0.4) is 0 Å². The molecule has 0 saturated carbocycles. The van der Waals surface area contributed by atoms with Gasteiger partial charge in [0.1, 0.15) is 10.9 Å². The zero-order valence-corrected chi connectivity index (χ0v) is 26.7. The number of thioether (sulfide) groups is 1. The van der Waals surface area contributed by atoms with Gasteiger partial charge in [-0.3, -0.25) is 14.4 Å². The molecule has 0 fully saturated rings. The summed E-state index contributed by atoms with van der Waals surface area (Å²) >= 11 is 1.39. The Morgan fingerprint density at radius 3 is 2.09 bits per heavy atom. The highest BCUT2D eigenvalue weighted by Crippen LogP contribution is 2.37. The van der Waals surface area contributed by atoms with Gasteiger partial charge in [-0.25, -0.2) is 0 Å². The van der Waals surface area contributed by atoms with Crippen molar-refractivity contribution in [1.82, 2.24) is 5.32 Å². The van der Waals surface area contributed by atoms with Crippen molar-refractivity contribution in [3.8, 4) is 0 Å². The lowest BCUT2D eigenvalue weighted by molar-refractivity contribution is -0.116. The Labute approximate surface area is 274 Å². The molecule has 0 aliphatic rings. The number of aryl methyl sites for hydroxylation is 2. The first kappa shape index (κ1) is 32.0. The molecule has 5 aromatic carbocycles. The Morgan fingerprint density at radius 2 is 1.37 bits per heavy atom. The summed E-state index contributed by atoms with van der Waals surface area (Å²) in [6.45, 7) is 5.99. The van der Waals surface area contributed by atoms with Crippen LogP contribution in [0.15, 0.2) is 138 Å². The number of hydrogen-bond donors (Lipinski definition) is 3. The summed E-state index contributed by atoms with van der Waals surface area (Å²) in [5, 5.41) is 8.28. The van der Waals surface area contributed by atoms with Crippen molar-refractivity contribution in [3.63, 3.8) is 0 Å². The Morgan fingerprint density at radius 1 is 0.696 bits per heavy atom. The molecule has 230 valence electrons. The van der Waals surface area contributed by atoms with E-state index in [1.165, 1.54) is 11.8 Å². The van der Waals surface area contributed by atoms with E-state index in [1.807, 2.05) is 118 Å². The minimum atomic E-state index is -0.547. The summed E-state index contributed by atoms with van der Waals surface area (Å²) in [6, 6.07) is 39.2. The number of nitrogens with one attached hydrogen (secondary N) is 3. The fraction of sp³-hybridized carbons (Fsp3) is 0.103. The van der Waals surface area contributed by atoms with E-state index in [1.54, 1.807) is 36.4 Å². The molecule has 0 aliphatic carbocycles. The number of carbonyl (C=O) groups is 3. The van der Waals surface area contributed by atoms with Crippen LogP contribution in [0.5, 0.6) is 0 Å². The third-order valence-corrected chi connectivity index (χ3v) is 8.71. The molecule has 5 aromatic rings. The number of benzene rings is 5. The average Bonchev–Trinajstić information content (AvgIpc) is 3.07. The first-order chi connectivity index (χ1) is 22.3. The highest BCUT2D eigenvalue weighted by atomic mass is 32.2. The van der Waals surface area contributed by atoms with Crippen LogP contribution in [-0.2, 0) is 9.59 Å². The van der Waals surface area contributed by atoms with Crippen LogP contribution in [0.1, 0.15) is 43.4 Å². The van der Waals surface area contributed by atoms with Crippen molar-refractivity contribution < 1.29 is 14.4 Å². The van der Waals surface area contributed by atoms with E-state index in [4.69, 9.17) is 0 Å². The van der Waals surface area contributed by atoms with Crippen LogP contribution >= 0.6 is 11.8 Å². The molecule has 1 unspecified atom stereocenters. The Hall–Kier alpha value is -5.40. The Bertz CT molecular complexity index is 1870. The molecule has 46 heavy (non-hydrogen) atoms. The molecule has 5 rings (SSSR count). The van der Waals surface area contributed by atoms with Gasteiger partial charge in [0, 0.05) is 21.8 Å². The third kappa shape index (κ3) is 8.40. The van der Waals surface area contributed by atoms with E-state index < -0.39 is 11.2 Å². The molecule has 0 aliphatic heterocycles. The van der Waals surface area contributed by atoms with E-state index >= 15 is 0 Å². The molecule has 6 nitrogen and oxygen atoms in total. The lowest BCUT2D eigenvalue weighted by Crippen LogP contribution is -2.30. The van der Waals surface area contributed by atoms with E-state index in [9.17, 15) is 14.4 Å². The van der Waals surface area contributed by atoms with Crippen molar-refractivity contribution in [3.05, 3.63) is 166 Å². The first-order valence-electron chi connectivity index (χ1n) is 14.9. The zero-order valence-electron chi connectivity index (χ0n) is 25.9. The van der Waals surface area contributed by atoms with Crippen LogP contribution in [0.2, 0.25) is 0 Å². The van der Waals surface area contributed by atoms with E-state index in [0.717, 1.165) is 38.4 Å². The maximum atomic E-state index is 13.7. The van der Waals surface area contributed by atoms with Crippen LogP contribution in [0.4, 0.5) is 11.4 Å². The lowest BCUT2D eigenvalue weighted by Gasteiger charge is -2.19. The maximum absolute atomic E-state index is 13.7. The normalized spacial score (nSPS) is 11.8. The minimum absolute atomic E-state index is 0.103. The molecule has 1 atom stereocenters. The molecule has 0 heterocycles. The smallest absolute Gasteiger partial charge is 0.272 e. The molecule has 0 saturated heterocycles. The SMILES string of the molecule is Cc1ccc(/C=C(/NC(=O)c2ccccc2)C(=O)Nc2cccc(SC(C(=O)Nc3cccc(C)c3C)c3ccccc3)c2)cc1. The lowest BCUT2D eigenvalue weighted by atomic mass is 10.1. The van der Waals surface area contributed by atoms with Gasteiger partial charge in [0.2, 0.25) is 5.91 Å². The van der Waals surface area contributed by atoms with Gasteiger partial charge < -0.3 is 16.0 Å². The van der Waals surface area contributed by atoms with Gasteiger partial charge in [0.25, 0.3) is 11.8 Å². The third-order valence-electron chi connectivity index (χ3n) is 7.47. The fourth-order valence-corrected chi connectivity index (χ4v) is 5.82. The topological polar surface area (TPSA) is 87.3 Å². The van der Waals surface area contributed by atoms with Crippen molar-refractivity contribution >= 4 is 46.9 Å². The largest absolute Gasteiger partial charge is 0.325 e. The van der Waals surface area contributed by atoms with Crippen LogP contribution in [0.25, 0.3) is 6.08 Å². The standard InChI is InChI=1S/C39H35N3O3S/c1-26-20-22-29(23-21-26)24-35(42-37(43)31-15-8-5-9-16-31)38(44)40-32-17-11-18-33(25-32)46-36(30-13-6-4-7-14-30)39(45)41-34-19-10-12-27(2)28(34)3/h4-25,36H,1-3H3,(H,40,44)(H,41,45)(H,42,43)/b35-24+. The van der Waals surface area contributed by atoms with E-state index in [2.05, 4.69) is 16.0 Å². The quantitative estimate of drug-likeness (QED) is 0.107. The van der Waals surface area contributed by atoms with Crippen molar-refractivity contribution in [2.45, 2.75) is 30.9 Å². The van der Waals surface area contributed by atoms with Gasteiger partial charge in [0.05, 0.1) is 0 Å². The molecule has 3 amide bonds. The van der Waals surface area contributed by atoms with Crippen LogP contribution in [-0.4, -0.2) is 17.7 Å². The number of hydrogen-bond acceptors (Lipinski definition) is 4. The number of amides is 3. The molecule has 0 aromatic heterocycles. The van der Waals surface area contributed by atoms with Gasteiger partial charge >= 0.3 is 0 Å². The second-order valence-corrected chi connectivity index (χ2v) is 12.1. The van der Waals surface area contributed by atoms with Gasteiger partial charge in [-0.1, -0.05) is 96.6 Å². The fourth-order valence-electron chi connectivity index (χ4n) is 4.74. The molecular weight excluding hydrogens is 591 g/mol. The van der Waals surface area contributed by atoms with Crippen molar-refractivity contribution in [2.75, 3.05) is 10.6 Å². The van der Waals surface area contributed by atoms with Gasteiger partial charge in [-0.15, -0.1) is 11.8 Å². The first-order valence-corrected chi connectivity index (χ1v) is 15.8. The Balaban J connectivity index is 1.38. The summed E-state index contributed by atoms with van der Waals surface area (Å²) in [7, 11) is 0. The average molecular weight is 626 g/mol. The summed E-state index contributed by atoms with van der Waals surface area (Å²) in [6.07, 6.45) is 1.65. The summed E-state index contributed by atoms with van der Waals surface area (Å²) in [5.74, 6) is -1.01. The summed E-state index contributed by atoms with van der Waals surface area (Å²) in [4.78, 5) is 41.1. The monoisotopic (exact) mass is 625 g/mol. The van der Waals surface area contributed by atoms with Gasteiger partial charge in [-0.05, 0) is 85.5 Å². The number of carbonyl (C=O) groups excluding carboxylic acids is 3. The molecule has 3 N–H and O–H groups in total. The second-order valence-electron chi connectivity index (χ2n) is 10.9. The zero-order chi connectivity index (χ0) is 32.5. The molecule has 7 heteroatoms. The van der Waals surface area contributed by atoms with Crippen LogP contribution in [0, 0.1) is 20.8 Å². The summed E-state index contributed by atoms with van der Waals surface area (Å²) in [5.41, 5.74) is 6.68. The molecule has 0 spiro atoms. The summed E-state index contributed by atoms with van der Waals surface area (Å²) < 4.78 is 0. The number of anilines is 2. The van der Waals surface area contributed by atoms with Crippen LogP contribution < -0.4 is 16.0 Å². The van der Waals surface area contributed by atoms with E-state index in [-0.39, 0.29) is 17.5 Å². The molecular formula is C39H35N3O3S. The van der Waals surface area contributed by atoms with Crippen molar-refractivity contribution in [2.24, 2.45) is 0 Å². The van der Waals surface area contributed by atoms with Crippen molar-refractivity contribution in [1.29, 1.82) is 0 Å². The predicted octanol–water partition coefficient (Wildman–Crippen LogP) is 8.49. The van der Waals surface area contributed by atoms with Gasteiger partial charge in [0.15, 0.2) is 0 Å². The van der Waals surface area contributed by atoms with Gasteiger partial charge in [-0.2, -0.15) is 0 Å². The predicted molar refractivity (Wildman–Crippen MR) is 188 cm³/mol. The van der Waals surface area contributed by atoms with E-state index in [0.29, 0.717) is 11.3 Å². The molecule has 0 radical (unpaired) electrons. The highest BCUT2D eigenvalue weighted by Gasteiger charge is 2.23. The minimum Gasteiger partial charge on any atom is -0.325 e. The molecule has 0 bridgehead atoms. The second kappa shape index (κ2) is 15.1. The number of rotatable bonds is 10.